The first kappa shape index (κ1) is 11.8. The lowest BCUT2D eigenvalue weighted by Gasteiger charge is -2.07. The molecule has 1 aromatic heterocycles. The van der Waals surface area contributed by atoms with E-state index >= 15 is 0 Å². The molecule has 2 rings (SSSR count). The predicted molar refractivity (Wildman–Crippen MR) is 67.4 cm³/mol. The third-order valence-electron chi connectivity index (χ3n) is 2.77. The summed E-state index contributed by atoms with van der Waals surface area (Å²) in [5, 5.41) is 11.3. The number of benzene rings is 1. The molecule has 0 bridgehead atoms. The number of hydrogen-bond acceptors (Lipinski definition) is 3. The van der Waals surface area contributed by atoms with E-state index in [4.69, 9.17) is 0 Å². The first-order valence-corrected chi connectivity index (χ1v) is 5.92. The molecular formula is C13H18N4. The molecule has 4 heteroatoms. The van der Waals surface area contributed by atoms with Crippen molar-refractivity contribution in [3.05, 3.63) is 47.3 Å². The van der Waals surface area contributed by atoms with Crippen LogP contribution in [0.1, 0.15) is 23.7 Å². The fourth-order valence-corrected chi connectivity index (χ4v) is 1.88. The van der Waals surface area contributed by atoms with Gasteiger partial charge < -0.3 is 5.32 Å². The number of nitrogens with one attached hydrogen (secondary N) is 1. The maximum absolute atomic E-state index is 4.04. The van der Waals surface area contributed by atoms with Crippen LogP contribution in [0.2, 0.25) is 0 Å². The van der Waals surface area contributed by atoms with Gasteiger partial charge in [0.2, 0.25) is 0 Å². The van der Waals surface area contributed by atoms with Gasteiger partial charge in [-0.05, 0) is 17.5 Å². The maximum atomic E-state index is 4.04. The molecule has 0 aliphatic carbocycles. The summed E-state index contributed by atoms with van der Waals surface area (Å²) in [4.78, 5) is 0. The summed E-state index contributed by atoms with van der Waals surface area (Å²) in [5.41, 5.74) is 3.74. The lowest BCUT2D eigenvalue weighted by Crippen LogP contribution is -2.14. The van der Waals surface area contributed by atoms with Crippen molar-refractivity contribution in [2.24, 2.45) is 7.05 Å². The molecule has 17 heavy (non-hydrogen) atoms. The fraction of sp³-hybridized carbons (Fsp3) is 0.385. The van der Waals surface area contributed by atoms with Gasteiger partial charge in [-0.1, -0.05) is 36.4 Å². The zero-order valence-electron chi connectivity index (χ0n) is 10.3. The Bertz CT molecular complexity index is 476. The van der Waals surface area contributed by atoms with E-state index < -0.39 is 0 Å². The minimum Gasteiger partial charge on any atom is -0.307 e. The van der Waals surface area contributed by atoms with Crippen molar-refractivity contribution in [2.75, 3.05) is 0 Å². The van der Waals surface area contributed by atoms with E-state index in [1.807, 2.05) is 13.2 Å². The Morgan fingerprint density at radius 1 is 1.18 bits per heavy atom. The number of aryl methyl sites for hydroxylation is 2. The molecule has 0 saturated carbocycles. The molecule has 2 aromatic rings. The second kappa shape index (κ2) is 5.59. The van der Waals surface area contributed by atoms with E-state index in [1.54, 1.807) is 4.68 Å². The van der Waals surface area contributed by atoms with Crippen molar-refractivity contribution >= 4 is 0 Å². The SMILES string of the molecule is CCc1ccccc1CNCc1cn(C)nn1. The second-order valence-corrected chi connectivity index (χ2v) is 4.11. The Hall–Kier alpha value is -1.68. The number of aromatic nitrogens is 3. The average Bonchev–Trinajstić information content (AvgIpc) is 2.76. The summed E-state index contributed by atoms with van der Waals surface area (Å²) in [6.45, 7) is 3.81. The minimum atomic E-state index is 0.756. The average molecular weight is 230 g/mol. The van der Waals surface area contributed by atoms with Crippen LogP contribution >= 0.6 is 0 Å². The molecular weight excluding hydrogens is 212 g/mol. The highest BCUT2D eigenvalue weighted by Crippen LogP contribution is 2.09. The van der Waals surface area contributed by atoms with Gasteiger partial charge in [-0.25, -0.2) is 0 Å². The zero-order valence-corrected chi connectivity index (χ0v) is 10.3. The minimum absolute atomic E-state index is 0.756. The summed E-state index contributed by atoms with van der Waals surface area (Å²) < 4.78 is 1.72. The topological polar surface area (TPSA) is 42.7 Å². The van der Waals surface area contributed by atoms with E-state index in [-0.39, 0.29) is 0 Å². The summed E-state index contributed by atoms with van der Waals surface area (Å²) in [5.74, 6) is 0. The van der Waals surface area contributed by atoms with Crippen molar-refractivity contribution in [2.45, 2.75) is 26.4 Å². The van der Waals surface area contributed by atoms with Crippen molar-refractivity contribution in [3.8, 4) is 0 Å². The van der Waals surface area contributed by atoms with Crippen LogP contribution in [-0.2, 0) is 26.6 Å². The number of nitrogens with zero attached hydrogens (tertiary/aromatic N) is 3. The van der Waals surface area contributed by atoms with E-state index in [9.17, 15) is 0 Å². The Balaban J connectivity index is 1.89. The van der Waals surface area contributed by atoms with Crippen LogP contribution in [0.4, 0.5) is 0 Å². The maximum Gasteiger partial charge on any atom is 0.0964 e. The summed E-state index contributed by atoms with van der Waals surface area (Å²) in [7, 11) is 1.88. The molecule has 4 nitrogen and oxygen atoms in total. The summed E-state index contributed by atoms with van der Waals surface area (Å²) in [6.07, 6.45) is 3.00. The van der Waals surface area contributed by atoms with Crippen LogP contribution in [0.15, 0.2) is 30.5 Å². The van der Waals surface area contributed by atoms with Crippen molar-refractivity contribution in [1.29, 1.82) is 0 Å². The van der Waals surface area contributed by atoms with Crippen molar-refractivity contribution in [1.82, 2.24) is 20.3 Å². The standard InChI is InChI=1S/C13H18N4/c1-3-11-6-4-5-7-12(11)8-14-9-13-10-17(2)16-15-13/h4-7,10,14H,3,8-9H2,1-2H3. The number of hydrogen-bond donors (Lipinski definition) is 1. The van der Waals surface area contributed by atoms with E-state index in [0.29, 0.717) is 0 Å². The van der Waals surface area contributed by atoms with E-state index in [0.717, 1.165) is 25.2 Å². The van der Waals surface area contributed by atoms with E-state index in [2.05, 4.69) is 46.8 Å². The molecule has 0 fully saturated rings. The highest BCUT2D eigenvalue weighted by Gasteiger charge is 2.01. The van der Waals surface area contributed by atoms with Crippen LogP contribution in [0, 0.1) is 0 Å². The third kappa shape index (κ3) is 3.14. The molecule has 1 aromatic carbocycles. The highest BCUT2D eigenvalue weighted by atomic mass is 15.4. The monoisotopic (exact) mass is 230 g/mol. The molecule has 0 radical (unpaired) electrons. The highest BCUT2D eigenvalue weighted by molar-refractivity contribution is 5.26. The summed E-state index contributed by atoms with van der Waals surface area (Å²) >= 11 is 0. The van der Waals surface area contributed by atoms with Crippen LogP contribution in [-0.4, -0.2) is 15.0 Å². The zero-order chi connectivity index (χ0) is 12.1. The fourth-order valence-electron chi connectivity index (χ4n) is 1.88. The van der Waals surface area contributed by atoms with Crippen LogP contribution < -0.4 is 5.32 Å². The molecule has 1 N–H and O–H groups in total. The Labute approximate surface area is 102 Å². The quantitative estimate of drug-likeness (QED) is 0.849. The molecule has 0 unspecified atom stereocenters. The Morgan fingerprint density at radius 3 is 2.59 bits per heavy atom. The molecule has 1 heterocycles. The summed E-state index contributed by atoms with van der Waals surface area (Å²) in [6, 6.07) is 8.52. The smallest absolute Gasteiger partial charge is 0.0964 e. The van der Waals surface area contributed by atoms with Gasteiger partial charge in [0.25, 0.3) is 0 Å². The molecule has 0 spiro atoms. The van der Waals surface area contributed by atoms with Gasteiger partial charge in [0.1, 0.15) is 0 Å². The van der Waals surface area contributed by atoms with Gasteiger partial charge in [-0.15, -0.1) is 5.10 Å². The molecule has 0 aliphatic rings. The number of rotatable bonds is 5. The van der Waals surface area contributed by atoms with Gasteiger partial charge in [-0.2, -0.15) is 0 Å². The Kier molecular flexibility index (Phi) is 3.88. The molecule has 0 aliphatic heterocycles. The van der Waals surface area contributed by atoms with Crippen molar-refractivity contribution in [3.63, 3.8) is 0 Å². The normalized spacial score (nSPS) is 10.7. The molecule has 0 amide bonds. The van der Waals surface area contributed by atoms with Gasteiger partial charge in [0.05, 0.1) is 5.69 Å². The van der Waals surface area contributed by atoms with Crippen LogP contribution in [0.3, 0.4) is 0 Å². The molecule has 0 atom stereocenters. The van der Waals surface area contributed by atoms with Gasteiger partial charge in [0, 0.05) is 26.3 Å². The lowest BCUT2D eigenvalue weighted by molar-refractivity contribution is 0.670. The van der Waals surface area contributed by atoms with Crippen LogP contribution in [0.25, 0.3) is 0 Å². The predicted octanol–water partition coefficient (Wildman–Crippen LogP) is 1.67. The van der Waals surface area contributed by atoms with Gasteiger partial charge in [0.15, 0.2) is 0 Å². The lowest BCUT2D eigenvalue weighted by atomic mass is 10.1. The second-order valence-electron chi connectivity index (χ2n) is 4.11. The molecule has 90 valence electrons. The largest absolute Gasteiger partial charge is 0.307 e. The van der Waals surface area contributed by atoms with Gasteiger partial charge in [-0.3, -0.25) is 4.68 Å². The van der Waals surface area contributed by atoms with Gasteiger partial charge >= 0.3 is 0 Å². The Morgan fingerprint density at radius 2 is 1.94 bits per heavy atom. The van der Waals surface area contributed by atoms with Crippen molar-refractivity contribution < 1.29 is 0 Å². The van der Waals surface area contributed by atoms with E-state index in [1.165, 1.54) is 11.1 Å². The first-order chi connectivity index (χ1) is 8.29. The first-order valence-electron chi connectivity index (χ1n) is 5.92. The molecule has 0 saturated heterocycles. The van der Waals surface area contributed by atoms with Crippen LogP contribution in [0.5, 0.6) is 0 Å². The third-order valence-corrected chi connectivity index (χ3v) is 2.77.